The number of halogens is 1. The van der Waals surface area contributed by atoms with Crippen LogP contribution < -0.4 is 0 Å². The minimum absolute atomic E-state index is 0.298. The van der Waals surface area contributed by atoms with E-state index in [1.54, 1.807) is 0 Å². The van der Waals surface area contributed by atoms with E-state index in [0.29, 0.717) is 19.5 Å². The SMILES string of the molecule is CCCCOCO[Si](CC)(CCCl)OCOCCCC. The summed E-state index contributed by atoms with van der Waals surface area (Å²) >= 11 is 5.88. The molecule has 0 unspecified atom stereocenters. The Kier molecular flexibility index (Phi) is 14.5. The second-order valence-corrected chi connectivity index (χ2v) is 8.73. The highest BCUT2D eigenvalue weighted by Crippen LogP contribution is 2.20. The fraction of sp³-hybridized carbons (Fsp3) is 1.00. The second kappa shape index (κ2) is 14.3. The lowest BCUT2D eigenvalue weighted by atomic mass is 10.4. The van der Waals surface area contributed by atoms with Crippen LogP contribution in [0.15, 0.2) is 0 Å². The molecule has 0 atom stereocenters. The van der Waals surface area contributed by atoms with Gasteiger partial charge in [0.15, 0.2) is 0 Å². The van der Waals surface area contributed by atoms with Crippen LogP contribution in [-0.4, -0.2) is 41.2 Å². The van der Waals surface area contributed by atoms with E-state index in [1.807, 2.05) is 0 Å². The predicted molar refractivity (Wildman–Crippen MR) is 85.4 cm³/mol. The van der Waals surface area contributed by atoms with Gasteiger partial charge in [0, 0.05) is 25.1 Å². The zero-order valence-corrected chi connectivity index (χ0v) is 15.0. The summed E-state index contributed by atoms with van der Waals surface area (Å²) in [6, 6.07) is 1.62. The lowest BCUT2D eigenvalue weighted by Crippen LogP contribution is -2.43. The van der Waals surface area contributed by atoms with E-state index in [1.165, 1.54) is 0 Å². The van der Waals surface area contributed by atoms with E-state index < -0.39 is 8.56 Å². The Bertz CT molecular complexity index is 194. The molecule has 0 bridgehead atoms. The first kappa shape index (κ1) is 20.3. The molecule has 0 aromatic rings. The molecule has 0 spiro atoms. The third-order valence-electron chi connectivity index (χ3n) is 3.11. The third kappa shape index (κ3) is 10.1. The van der Waals surface area contributed by atoms with Gasteiger partial charge in [-0.3, -0.25) is 0 Å². The molecule has 0 heterocycles. The zero-order chi connectivity index (χ0) is 15.1. The minimum atomic E-state index is -2.27. The lowest BCUT2D eigenvalue weighted by Gasteiger charge is -2.29. The third-order valence-corrected chi connectivity index (χ3v) is 6.99. The summed E-state index contributed by atoms with van der Waals surface area (Å²) in [4.78, 5) is 0. The van der Waals surface area contributed by atoms with Gasteiger partial charge in [-0.2, -0.15) is 0 Å². The molecular weight excluding hydrogens is 296 g/mol. The van der Waals surface area contributed by atoms with Crippen molar-refractivity contribution in [1.29, 1.82) is 0 Å². The molecular formula is C14H31ClO4Si. The molecule has 0 radical (unpaired) electrons. The predicted octanol–water partition coefficient (Wildman–Crippen LogP) is 4.27. The van der Waals surface area contributed by atoms with Gasteiger partial charge in [-0.1, -0.05) is 33.6 Å². The van der Waals surface area contributed by atoms with Crippen molar-refractivity contribution in [1.82, 2.24) is 0 Å². The van der Waals surface area contributed by atoms with Crippen LogP contribution in [0.5, 0.6) is 0 Å². The quantitative estimate of drug-likeness (QED) is 0.195. The van der Waals surface area contributed by atoms with Crippen molar-refractivity contribution in [3.8, 4) is 0 Å². The summed E-state index contributed by atoms with van der Waals surface area (Å²) in [6.07, 6.45) is 4.36. The van der Waals surface area contributed by atoms with Gasteiger partial charge < -0.3 is 18.3 Å². The van der Waals surface area contributed by atoms with E-state index in [-0.39, 0.29) is 0 Å². The maximum Gasteiger partial charge on any atom is 0.342 e. The molecule has 0 fully saturated rings. The highest BCUT2D eigenvalue weighted by Gasteiger charge is 2.35. The molecule has 6 heteroatoms. The van der Waals surface area contributed by atoms with E-state index >= 15 is 0 Å². The molecule has 0 aromatic carbocycles. The van der Waals surface area contributed by atoms with Crippen molar-refractivity contribution in [2.24, 2.45) is 0 Å². The minimum Gasteiger partial charge on any atom is -0.370 e. The molecule has 4 nitrogen and oxygen atoms in total. The van der Waals surface area contributed by atoms with Crippen molar-refractivity contribution >= 4 is 20.2 Å². The van der Waals surface area contributed by atoms with Gasteiger partial charge >= 0.3 is 8.56 Å². The molecule has 20 heavy (non-hydrogen) atoms. The number of hydrogen-bond donors (Lipinski definition) is 0. The highest BCUT2D eigenvalue weighted by atomic mass is 35.5. The summed E-state index contributed by atoms with van der Waals surface area (Å²) in [5.41, 5.74) is 0. The maximum atomic E-state index is 5.90. The van der Waals surface area contributed by atoms with Crippen molar-refractivity contribution in [3.05, 3.63) is 0 Å². The number of unbranched alkanes of at least 4 members (excludes halogenated alkanes) is 2. The molecule has 0 aliphatic rings. The van der Waals surface area contributed by atoms with Crippen LogP contribution in [0.2, 0.25) is 12.1 Å². The van der Waals surface area contributed by atoms with Gasteiger partial charge in [0.05, 0.1) is 0 Å². The first-order chi connectivity index (χ1) is 9.74. The number of hydrogen-bond acceptors (Lipinski definition) is 4. The Morgan fingerprint density at radius 1 is 0.850 bits per heavy atom. The fourth-order valence-corrected chi connectivity index (χ4v) is 4.50. The van der Waals surface area contributed by atoms with E-state index in [4.69, 9.17) is 29.9 Å². The fourth-order valence-electron chi connectivity index (χ4n) is 1.62. The second-order valence-electron chi connectivity index (χ2n) is 4.75. The Balaban J connectivity index is 4.00. The van der Waals surface area contributed by atoms with Crippen LogP contribution in [0.4, 0.5) is 0 Å². The highest BCUT2D eigenvalue weighted by molar-refractivity contribution is 6.68. The normalized spacial score (nSPS) is 12.0. The Labute approximate surface area is 130 Å². The summed E-state index contributed by atoms with van der Waals surface area (Å²) in [6.45, 7) is 8.42. The Morgan fingerprint density at radius 3 is 1.70 bits per heavy atom. The van der Waals surface area contributed by atoms with Gasteiger partial charge in [-0.15, -0.1) is 11.6 Å². The van der Waals surface area contributed by atoms with E-state index in [9.17, 15) is 0 Å². The first-order valence-electron chi connectivity index (χ1n) is 7.74. The number of ether oxygens (including phenoxy) is 2. The van der Waals surface area contributed by atoms with Gasteiger partial charge in [0.1, 0.15) is 13.6 Å². The zero-order valence-electron chi connectivity index (χ0n) is 13.3. The molecule has 0 aliphatic carbocycles. The maximum absolute atomic E-state index is 5.90. The van der Waals surface area contributed by atoms with Crippen LogP contribution in [0.3, 0.4) is 0 Å². The molecule has 0 saturated carbocycles. The average Bonchev–Trinajstić information content (AvgIpc) is 2.46. The first-order valence-corrected chi connectivity index (χ1v) is 10.5. The van der Waals surface area contributed by atoms with Gasteiger partial charge in [0.25, 0.3) is 0 Å². The smallest absolute Gasteiger partial charge is 0.342 e. The topological polar surface area (TPSA) is 36.9 Å². The van der Waals surface area contributed by atoms with Gasteiger partial charge in [0.2, 0.25) is 0 Å². The van der Waals surface area contributed by atoms with Crippen LogP contribution in [0.25, 0.3) is 0 Å². The summed E-state index contributed by atoms with van der Waals surface area (Å²) < 4.78 is 22.7. The molecule has 0 aromatic heterocycles. The van der Waals surface area contributed by atoms with Crippen LogP contribution in [-0.2, 0) is 18.3 Å². The standard InChI is InChI=1S/C14H31ClO4Si/c1-4-7-10-16-13-18-20(6-3,12-9-15)19-14-17-11-8-5-2/h4-14H2,1-3H3. The molecule has 0 saturated heterocycles. The molecule has 0 amide bonds. The largest absolute Gasteiger partial charge is 0.370 e. The van der Waals surface area contributed by atoms with Crippen LogP contribution in [0.1, 0.15) is 46.5 Å². The number of rotatable bonds is 15. The van der Waals surface area contributed by atoms with E-state index in [0.717, 1.165) is 51.0 Å². The van der Waals surface area contributed by atoms with Gasteiger partial charge in [-0.05, 0) is 18.9 Å². The van der Waals surface area contributed by atoms with E-state index in [2.05, 4.69) is 20.8 Å². The van der Waals surface area contributed by atoms with Crippen molar-refractivity contribution in [2.45, 2.75) is 58.5 Å². The summed E-state index contributed by atoms with van der Waals surface area (Å²) in [5, 5.41) is 0. The summed E-state index contributed by atoms with van der Waals surface area (Å²) in [7, 11) is -2.27. The molecule has 0 N–H and O–H groups in total. The van der Waals surface area contributed by atoms with Crippen molar-refractivity contribution < 1.29 is 18.3 Å². The molecule has 0 aliphatic heterocycles. The summed E-state index contributed by atoms with van der Waals surface area (Å²) in [5.74, 6) is 0.546. The van der Waals surface area contributed by atoms with Gasteiger partial charge in [-0.25, -0.2) is 0 Å². The number of alkyl halides is 1. The molecule has 0 rings (SSSR count). The van der Waals surface area contributed by atoms with Crippen molar-refractivity contribution in [2.75, 3.05) is 32.7 Å². The Morgan fingerprint density at radius 2 is 1.35 bits per heavy atom. The lowest BCUT2D eigenvalue weighted by molar-refractivity contribution is -0.0457. The van der Waals surface area contributed by atoms with Crippen LogP contribution >= 0.6 is 11.6 Å². The monoisotopic (exact) mass is 326 g/mol. The Hall–Kier alpha value is 0.347. The average molecular weight is 327 g/mol. The van der Waals surface area contributed by atoms with Crippen molar-refractivity contribution in [3.63, 3.8) is 0 Å². The van der Waals surface area contributed by atoms with Crippen LogP contribution in [0, 0.1) is 0 Å². The molecule has 122 valence electrons.